The summed E-state index contributed by atoms with van der Waals surface area (Å²) in [5, 5.41) is 2.77. The van der Waals surface area contributed by atoms with Gasteiger partial charge < -0.3 is 5.32 Å². The first-order valence-corrected chi connectivity index (χ1v) is 7.78. The van der Waals surface area contributed by atoms with Crippen molar-refractivity contribution in [2.24, 2.45) is 0 Å². The van der Waals surface area contributed by atoms with Crippen LogP contribution in [0.5, 0.6) is 0 Å². The zero-order valence-corrected chi connectivity index (χ0v) is 12.5. The molecule has 0 aliphatic carbocycles. The summed E-state index contributed by atoms with van der Waals surface area (Å²) < 4.78 is 13.4. The Morgan fingerprint density at radius 2 is 1.60 bits per heavy atom. The van der Waals surface area contributed by atoms with Crippen LogP contribution in [0.3, 0.4) is 0 Å². The zero-order chi connectivity index (χ0) is 14.6. The zero-order valence-electron chi connectivity index (χ0n) is 12.5. The SMILES string of the molecule is CCCCCCCCCCNC(=O)c1ccccc1F. The van der Waals surface area contributed by atoms with Crippen LogP contribution in [0.4, 0.5) is 4.39 Å². The molecule has 0 saturated heterocycles. The Balaban J connectivity index is 2.04. The minimum atomic E-state index is -0.457. The molecule has 20 heavy (non-hydrogen) atoms. The third kappa shape index (κ3) is 6.69. The van der Waals surface area contributed by atoms with E-state index in [0.29, 0.717) is 6.54 Å². The molecule has 1 rings (SSSR count). The van der Waals surface area contributed by atoms with E-state index in [2.05, 4.69) is 12.2 Å². The molecular formula is C17H26FNO. The van der Waals surface area contributed by atoms with Crippen LogP contribution in [0, 0.1) is 5.82 Å². The standard InChI is InChI=1S/C17H26FNO/c1-2-3-4-5-6-7-8-11-14-19-17(20)15-12-9-10-13-16(15)18/h9-10,12-13H,2-8,11,14H2,1H3,(H,19,20). The Hall–Kier alpha value is -1.38. The first kappa shape index (κ1) is 16.7. The van der Waals surface area contributed by atoms with Gasteiger partial charge in [-0.3, -0.25) is 4.79 Å². The van der Waals surface area contributed by atoms with Crippen LogP contribution < -0.4 is 5.32 Å². The van der Waals surface area contributed by atoms with Crippen molar-refractivity contribution >= 4 is 5.91 Å². The minimum Gasteiger partial charge on any atom is -0.352 e. The van der Waals surface area contributed by atoms with Gasteiger partial charge in [0.1, 0.15) is 5.82 Å². The van der Waals surface area contributed by atoms with Crippen LogP contribution in [-0.4, -0.2) is 12.5 Å². The summed E-state index contributed by atoms with van der Waals surface area (Å²) in [6, 6.07) is 6.09. The van der Waals surface area contributed by atoms with Gasteiger partial charge in [0, 0.05) is 6.54 Å². The Morgan fingerprint density at radius 3 is 2.25 bits per heavy atom. The molecule has 2 nitrogen and oxygen atoms in total. The Kier molecular flexibility index (Phi) is 8.68. The summed E-state index contributed by atoms with van der Waals surface area (Å²) in [7, 11) is 0. The van der Waals surface area contributed by atoms with Gasteiger partial charge in [-0.2, -0.15) is 0 Å². The van der Waals surface area contributed by atoms with E-state index in [0.717, 1.165) is 12.8 Å². The van der Waals surface area contributed by atoms with Gasteiger partial charge in [0.25, 0.3) is 5.91 Å². The molecule has 3 heteroatoms. The van der Waals surface area contributed by atoms with Gasteiger partial charge >= 0.3 is 0 Å². The lowest BCUT2D eigenvalue weighted by molar-refractivity contribution is 0.0949. The molecule has 1 aromatic carbocycles. The van der Waals surface area contributed by atoms with Crippen LogP contribution in [0.1, 0.15) is 68.6 Å². The Bertz CT molecular complexity index is 392. The van der Waals surface area contributed by atoms with Crippen LogP contribution in [0.25, 0.3) is 0 Å². The molecule has 0 saturated carbocycles. The number of rotatable bonds is 10. The van der Waals surface area contributed by atoms with E-state index in [-0.39, 0.29) is 11.5 Å². The van der Waals surface area contributed by atoms with Crippen LogP contribution in [0.15, 0.2) is 24.3 Å². The quantitative estimate of drug-likeness (QED) is 0.618. The smallest absolute Gasteiger partial charge is 0.254 e. The normalized spacial score (nSPS) is 10.5. The second-order valence-electron chi connectivity index (χ2n) is 5.21. The topological polar surface area (TPSA) is 29.1 Å². The predicted molar refractivity (Wildman–Crippen MR) is 81.3 cm³/mol. The maximum atomic E-state index is 13.4. The number of carbonyl (C=O) groups is 1. The maximum Gasteiger partial charge on any atom is 0.254 e. The number of benzene rings is 1. The van der Waals surface area contributed by atoms with E-state index in [4.69, 9.17) is 0 Å². The van der Waals surface area contributed by atoms with E-state index < -0.39 is 5.82 Å². The molecule has 1 amide bonds. The molecule has 0 radical (unpaired) electrons. The fourth-order valence-electron chi connectivity index (χ4n) is 2.20. The highest BCUT2D eigenvalue weighted by atomic mass is 19.1. The first-order chi connectivity index (χ1) is 9.75. The molecular weight excluding hydrogens is 253 g/mol. The third-order valence-corrected chi connectivity index (χ3v) is 3.43. The van der Waals surface area contributed by atoms with Crippen molar-refractivity contribution in [2.75, 3.05) is 6.54 Å². The third-order valence-electron chi connectivity index (χ3n) is 3.43. The highest BCUT2D eigenvalue weighted by Crippen LogP contribution is 2.08. The number of amides is 1. The fraction of sp³-hybridized carbons (Fsp3) is 0.588. The highest BCUT2D eigenvalue weighted by Gasteiger charge is 2.09. The average molecular weight is 279 g/mol. The number of nitrogens with one attached hydrogen (secondary N) is 1. The summed E-state index contributed by atoms with van der Waals surface area (Å²) in [5.74, 6) is -0.771. The molecule has 112 valence electrons. The number of hydrogen-bond acceptors (Lipinski definition) is 1. The number of unbranched alkanes of at least 4 members (excludes halogenated alkanes) is 7. The largest absolute Gasteiger partial charge is 0.352 e. The second kappa shape index (κ2) is 10.4. The molecule has 0 bridgehead atoms. The summed E-state index contributed by atoms with van der Waals surface area (Å²) in [4.78, 5) is 11.7. The molecule has 0 aliphatic rings. The van der Waals surface area contributed by atoms with E-state index >= 15 is 0 Å². The van der Waals surface area contributed by atoms with Crippen molar-refractivity contribution in [2.45, 2.75) is 58.3 Å². The summed E-state index contributed by atoms with van der Waals surface area (Å²) >= 11 is 0. The lowest BCUT2D eigenvalue weighted by Crippen LogP contribution is -2.25. The molecule has 0 unspecified atom stereocenters. The average Bonchev–Trinajstić information content (AvgIpc) is 2.46. The van der Waals surface area contributed by atoms with E-state index in [1.54, 1.807) is 12.1 Å². The molecule has 0 aliphatic heterocycles. The van der Waals surface area contributed by atoms with E-state index in [1.165, 1.54) is 50.7 Å². The fourth-order valence-corrected chi connectivity index (χ4v) is 2.20. The van der Waals surface area contributed by atoms with Crippen molar-refractivity contribution in [1.82, 2.24) is 5.32 Å². The van der Waals surface area contributed by atoms with Crippen LogP contribution in [0.2, 0.25) is 0 Å². The Labute approximate surface area is 121 Å². The first-order valence-electron chi connectivity index (χ1n) is 7.78. The van der Waals surface area contributed by atoms with Gasteiger partial charge in [-0.05, 0) is 18.6 Å². The number of halogens is 1. The van der Waals surface area contributed by atoms with Crippen LogP contribution in [-0.2, 0) is 0 Å². The Morgan fingerprint density at radius 1 is 1.00 bits per heavy atom. The van der Waals surface area contributed by atoms with Gasteiger partial charge in [0.2, 0.25) is 0 Å². The molecule has 1 aromatic rings. The van der Waals surface area contributed by atoms with Crippen molar-refractivity contribution in [1.29, 1.82) is 0 Å². The predicted octanol–water partition coefficient (Wildman–Crippen LogP) is 4.70. The monoisotopic (exact) mass is 279 g/mol. The van der Waals surface area contributed by atoms with Crippen LogP contribution >= 0.6 is 0 Å². The molecule has 0 heterocycles. The van der Waals surface area contributed by atoms with Crippen molar-refractivity contribution < 1.29 is 9.18 Å². The number of hydrogen-bond donors (Lipinski definition) is 1. The van der Waals surface area contributed by atoms with Crippen molar-refractivity contribution in [3.63, 3.8) is 0 Å². The molecule has 1 N–H and O–H groups in total. The second-order valence-corrected chi connectivity index (χ2v) is 5.21. The molecule has 0 fully saturated rings. The number of carbonyl (C=O) groups excluding carboxylic acids is 1. The summed E-state index contributed by atoms with van der Waals surface area (Å²) in [6.07, 6.45) is 9.86. The summed E-state index contributed by atoms with van der Waals surface area (Å²) in [6.45, 7) is 2.85. The van der Waals surface area contributed by atoms with E-state index in [1.807, 2.05) is 0 Å². The minimum absolute atomic E-state index is 0.132. The molecule has 0 aromatic heterocycles. The highest BCUT2D eigenvalue weighted by molar-refractivity contribution is 5.94. The van der Waals surface area contributed by atoms with Crippen molar-refractivity contribution in [3.8, 4) is 0 Å². The van der Waals surface area contributed by atoms with Gasteiger partial charge in [0.05, 0.1) is 5.56 Å². The van der Waals surface area contributed by atoms with Gasteiger partial charge in [-0.25, -0.2) is 4.39 Å². The van der Waals surface area contributed by atoms with Gasteiger partial charge in [-0.15, -0.1) is 0 Å². The molecule has 0 spiro atoms. The summed E-state index contributed by atoms with van der Waals surface area (Å²) in [5.41, 5.74) is 0.132. The molecule has 0 atom stereocenters. The van der Waals surface area contributed by atoms with Gasteiger partial charge in [0.15, 0.2) is 0 Å². The lowest BCUT2D eigenvalue weighted by Gasteiger charge is -2.06. The van der Waals surface area contributed by atoms with E-state index in [9.17, 15) is 9.18 Å². The lowest BCUT2D eigenvalue weighted by atomic mass is 10.1. The van der Waals surface area contributed by atoms with Gasteiger partial charge in [-0.1, -0.05) is 64.0 Å². The van der Waals surface area contributed by atoms with Crippen molar-refractivity contribution in [3.05, 3.63) is 35.6 Å². The maximum absolute atomic E-state index is 13.4.